The lowest BCUT2D eigenvalue weighted by atomic mass is 10.1. The molecule has 1 fully saturated rings. The first-order valence-electron chi connectivity index (χ1n) is 11.4. The van der Waals surface area contributed by atoms with Gasteiger partial charge in [-0.2, -0.15) is 4.31 Å². The highest BCUT2D eigenvalue weighted by Gasteiger charge is 2.26. The summed E-state index contributed by atoms with van der Waals surface area (Å²) in [5.74, 6) is -1.59. The summed E-state index contributed by atoms with van der Waals surface area (Å²) in [5.41, 5.74) is 0.988. The maximum Gasteiger partial charge on any atom is 0.331 e. The van der Waals surface area contributed by atoms with E-state index in [9.17, 15) is 22.8 Å². The third-order valence-electron chi connectivity index (χ3n) is 5.53. The molecule has 1 atom stereocenters. The lowest BCUT2D eigenvalue weighted by molar-refractivity contribution is -0.151. The third-order valence-corrected chi connectivity index (χ3v) is 7.45. The number of rotatable bonds is 7. The van der Waals surface area contributed by atoms with Gasteiger partial charge in [-0.1, -0.05) is 55.3 Å². The van der Waals surface area contributed by atoms with Crippen LogP contribution in [0.1, 0.15) is 42.9 Å². The monoisotopic (exact) mass is 499 g/mol. The number of carbonyl (C=O) groups excluding carboxylic acids is 3. The highest BCUT2D eigenvalue weighted by atomic mass is 32.2. The number of nitrogens with one attached hydrogen (secondary N) is 2. The van der Waals surface area contributed by atoms with Crippen molar-refractivity contribution in [1.82, 2.24) is 14.9 Å². The Morgan fingerprint density at radius 2 is 1.57 bits per heavy atom. The number of sulfonamides is 1. The Morgan fingerprint density at radius 1 is 0.943 bits per heavy atom. The van der Waals surface area contributed by atoms with Crippen molar-refractivity contribution in [1.29, 1.82) is 0 Å². The zero-order chi connectivity index (χ0) is 25.3. The van der Waals surface area contributed by atoms with Gasteiger partial charge < -0.3 is 10.1 Å². The van der Waals surface area contributed by atoms with E-state index in [1.807, 2.05) is 0 Å². The summed E-state index contributed by atoms with van der Waals surface area (Å²) < 4.78 is 32.6. The van der Waals surface area contributed by atoms with Crippen LogP contribution in [0.3, 0.4) is 0 Å². The fourth-order valence-electron chi connectivity index (χ4n) is 3.64. The Kier molecular flexibility index (Phi) is 9.16. The summed E-state index contributed by atoms with van der Waals surface area (Å²) in [6.45, 7) is 1.04. The minimum atomic E-state index is -3.56. The number of nitrogens with zero attached hydrogens (tertiary/aromatic N) is 1. The van der Waals surface area contributed by atoms with Crippen molar-refractivity contribution in [2.75, 3.05) is 20.1 Å². The molecule has 1 aliphatic heterocycles. The quantitative estimate of drug-likeness (QED) is 0.446. The highest BCUT2D eigenvalue weighted by Crippen LogP contribution is 2.21. The summed E-state index contributed by atoms with van der Waals surface area (Å²) in [6, 6.07) is 13.8. The molecule has 1 heterocycles. The summed E-state index contributed by atoms with van der Waals surface area (Å²) in [7, 11) is -2.20. The van der Waals surface area contributed by atoms with Gasteiger partial charge in [-0.3, -0.25) is 10.1 Å². The van der Waals surface area contributed by atoms with Gasteiger partial charge in [0.2, 0.25) is 16.1 Å². The number of esters is 1. The molecule has 0 radical (unpaired) electrons. The van der Waals surface area contributed by atoms with Crippen LogP contribution in [0, 0.1) is 0 Å². The minimum absolute atomic E-state index is 0.203. The largest absolute Gasteiger partial charge is 0.444 e. The van der Waals surface area contributed by atoms with Gasteiger partial charge in [0.05, 0.1) is 4.90 Å². The first kappa shape index (κ1) is 26.1. The molecule has 1 saturated heterocycles. The van der Waals surface area contributed by atoms with Crippen molar-refractivity contribution in [3.8, 4) is 0 Å². The van der Waals surface area contributed by atoms with E-state index in [1.165, 1.54) is 29.6 Å². The molecule has 10 heteroatoms. The Balaban J connectivity index is 1.68. The van der Waals surface area contributed by atoms with Gasteiger partial charge >= 0.3 is 12.0 Å². The fraction of sp³-hybridized carbons (Fsp3) is 0.320. The second kappa shape index (κ2) is 12.3. The molecule has 0 bridgehead atoms. The lowest BCUT2D eigenvalue weighted by Gasteiger charge is -2.19. The summed E-state index contributed by atoms with van der Waals surface area (Å²) in [6.07, 6.45) is 5.05. The van der Waals surface area contributed by atoms with E-state index in [0.717, 1.165) is 31.8 Å². The van der Waals surface area contributed by atoms with Gasteiger partial charge in [-0.05, 0) is 36.6 Å². The molecule has 186 valence electrons. The van der Waals surface area contributed by atoms with E-state index >= 15 is 0 Å². The molecule has 9 nitrogen and oxygen atoms in total. The van der Waals surface area contributed by atoms with E-state index < -0.39 is 34.0 Å². The second-order valence-corrected chi connectivity index (χ2v) is 9.95. The number of hydrogen-bond acceptors (Lipinski definition) is 6. The van der Waals surface area contributed by atoms with Crippen LogP contribution in [-0.2, 0) is 24.3 Å². The molecule has 2 N–H and O–H groups in total. The Bertz CT molecular complexity index is 1160. The molecule has 2 aromatic carbocycles. The molecule has 3 rings (SSSR count). The first-order valence-corrected chi connectivity index (χ1v) is 12.8. The zero-order valence-electron chi connectivity index (χ0n) is 19.5. The summed E-state index contributed by atoms with van der Waals surface area (Å²) in [5, 5.41) is 4.38. The topological polar surface area (TPSA) is 122 Å². The van der Waals surface area contributed by atoms with Crippen LogP contribution < -0.4 is 10.6 Å². The van der Waals surface area contributed by atoms with E-state index in [0.29, 0.717) is 24.2 Å². The number of benzene rings is 2. The van der Waals surface area contributed by atoms with Gasteiger partial charge in [0.15, 0.2) is 0 Å². The molecule has 3 amide bonds. The predicted molar refractivity (Wildman–Crippen MR) is 131 cm³/mol. The molecule has 0 saturated carbocycles. The predicted octanol–water partition coefficient (Wildman–Crippen LogP) is 3.00. The SMILES string of the molecule is CNC(=O)NC(=O)[C@@H](OC(=O)/C=C\c1ccc(S(=O)(=O)N2CCCCCC2)cc1)c1ccccc1. The third kappa shape index (κ3) is 7.24. The summed E-state index contributed by atoms with van der Waals surface area (Å²) in [4.78, 5) is 36.6. The normalized spacial score (nSPS) is 15.7. The minimum Gasteiger partial charge on any atom is -0.444 e. The van der Waals surface area contributed by atoms with Crippen LogP contribution in [-0.4, -0.2) is 50.8 Å². The molecule has 0 unspecified atom stereocenters. The van der Waals surface area contributed by atoms with Gasteiger partial charge in [0, 0.05) is 31.8 Å². The van der Waals surface area contributed by atoms with Gasteiger partial charge in [0.25, 0.3) is 5.91 Å². The summed E-state index contributed by atoms with van der Waals surface area (Å²) >= 11 is 0. The van der Waals surface area contributed by atoms with Crippen LogP contribution in [0.2, 0.25) is 0 Å². The van der Waals surface area contributed by atoms with Crippen LogP contribution in [0.25, 0.3) is 6.08 Å². The Morgan fingerprint density at radius 3 is 2.17 bits per heavy atom. The maximum atomic E-state index is 12.9. The van der Waals surface area contributed by atoms with Crippen LogP contribution in [0.15, 0.2) is 65.6 Å². The van der Waals surface area contributed by atoms with Crippen molar-refractivity contribution in [2.24, 2.45) is 0 Å². The van der Waals surface area contributed by atoms with Crippen LogP contribution >= 0.6 is 0 Å². The Hall–Kier alpha value is -3.50. The molecule has 0 spiro atoms. The van der Waals surface area contributed by atoms with E-state index in [1.54, 1.807) is 42.5 Å². The van der Waals surface area contributed by atoms with E-state index in [4.69, 9.17) is 4.74 Å². The van der Waals surface area contributed by atoms with Crippen molar-refractivity contribution in [3.05, 3.63) is 71.8 Å². The zero-order valence-corrected chi connectivity index (χ0v) is 20.3. The van der Waals surface area contributed by atoms with Crippen molar-refractivity contribution >= 4 is 34.0 Å². The van der Waals surface area contributed by atoms with Crippen molar-refractivity contribution in [2.45, 2.75) is 36.7 Å². The molecule has 1 aliphatic rings. The van der Waals surface area contributed by atoms with Crippen LogP contribution in [0.5, 0.6) is 0 Å². The average molecular weight is 500 g/mol. The van der Waals surface area contributed by atoms with E-state index in [-0.39, 0.29) is 4.90 Å². The number of urea groups is 1. The number of imide groups is 1. The van der Waals surface area contributed by atoms with Gasteiger partial charge in [-0.25, -0.2) is 18.0 Å². The number of hydrogen-bond donors (Lipinski definition) is 2. The van der Waals surface area contributed by atoms with Gasteiger partial charge in [-0.15, -0.1) is 0 Å². The first-order chi connectivity index (χ1) is 16.8. The maximum absolute atomic E-state index is 12.9. The molecule has 2 aromatic rings. The molecular weight excluding hydrogens is 470 g/mol. The smallest absolute Gasteiger partial charge is 0.331 e. The average Bonchev–Trinajstić information content (AvgIpc) is 3.17. The number of amides is 3. The molecular formula is C25H29N3O6S. The fourth-order valence-corrected chi connectivity index (χ4v) is 5.16. The molecule has 35 heavy (non-hydrogen) atoms. The van der Waals surface area contributed by atoms with E-state index in [2.05, 4.69) is 10.6 Å². The number of carbonyl (C=O) groups is 3. The highest BCUT2D eigenvalue weighted by molar-refractivity contribution is 7.89. The molecule has 0 aromatic heterocycles. The number of ether oxygens (including phenoxy) is 1. The van der Waals surface area contributed by atoms with Gasteiger partial charge in [0.1, 0.15) is 0 Å². The van der Waals surface area contributed by atoms with Crippen molar-refractivity contribution < 1.29 is 27.5 Å². The Labute approximate surface area is 205 Å². The standard InChI is InChI=1S/C25H29N3O6S/c1-26-25(31)27-24(30)23(20-9-5-4-6-10-20)34-22(29)16-13-19-11-14-21(15-12-19)35(32,33)28-17-7-2-3-8-18-28/h4-6,9-16,23H,2-3,7-8,17-18H2,1H3,(H2,26,27,30,31)/b16-13-/t23-/m0/s1. The second-order valence-electron chi connectivity index (χ2n) is 8.02. The van der Waals surface area contributed by atoms with Crippen molar-refractivity contribution in [3.63, 3.8) is 0 Å². The lowest BCUT2D eigenvalue weighted by Crippen LogP contribution is -2.41. The van der Waals surface area contributed by atoms with Crippen LogP contribution in [0.4, 0.5) is 4.79 Å². The molecule has 0 aliphatic carbocycles.